The highest BCUT2D eigenvalue weighted by Crippen LogP contribution is 2.41. The van der Waals surface area contributed by atoms with E-state index in [2.05, 4.69) is 50.3 Å². The third-order valence-electron chi connectivity index (χ3n) is 4.67. The molecule has 1 fully saturated rings. The van der Waals surface area contributed by atoms with Gasteiger partial charge >= 0.3 is 0 Å². The summed E-state index contributed by atoms with van der Waals surface area (Å²) in [6.45, 7) is 6.87. The molecule has 0 aromatic heterocycles. The largest absolute Gasteiger partial charge is 0.316 e. The first kappa shape index (κ1) is 15.8. The summed E-state index contributed by atoms with van der Waals surface area (Å²) >= 11 is 6.05. The predicted octanol–water partition coefficient (Wildman–Crippen LogP) is 3.80. The van der Waals surface area contributed by atoms with Crippen LogP contribution in [0.1, 0.15) is 32.3 Å². The lowest BCUT2D eigenvalue weighted by Crippen LogP contribution is -2.43. The first-order valence-corrected chi connectivity index (χ1v) is 7.90. The van der Waals surface area contributed by atoms with Gasteiger partial charge in [0, 0.05) is 24.2 Å². The van der Waals surface area contributed by atoms with E-state index in [9.17, 15) is 0 Å². The summed E-state index contributed by atoms with van der Waals surface area (Å²) in [6, 6.07) is 8.79. The van der Waals surface area contributed by atoms with Crippen LogP contribution in [-0.4, -0.2) is 31.6 Å². The Morgan fingerprint density at radius 3 is 2.80 bits per heavy atom. The van der Waals surface area contributed by atoms with E-state index < -0.39 is 0 Å². The summed E-state index contributed by atoms with van der Waals surface area (Å²) in [4.78, 5) is 2.42. The maximum Gasteiger partial charge on any atom is 0.0409 e. The van der Waals surface area contributed by atoms with Crippen molar-refractivity contribution in [2.24, 2.45) is 11.3 Å². The van der Waals surface area contributed by atoms with Crippen molar-refractivity contribution in [3.63, 3.8) is 0 Å². The fraction of sp³-hybridized carbons (Fsp3) is 0.647. The van der Waals surface area contributed by atoms with E-state index in [0.717, 1.165) is 24.0 Å². The van der Waals surface area contributed by atoms with Crippen LogP contribution in [0.4, 0.5) is 0 Å². The van der Waals surface area contributed by atoms with Crippen molar-refractivity contribution in [1.82, 2.24) is 10.2 Å². The van der Waals surface area contributed by atoms with E-state index >= 15 is 0 Å². The Morgan fingerprint density at radius 2 is 2.15 bits per heavy atom. The maximum absolute atomic E-state index is 6.05. The number of hydrogen-bond acceptors (Lipinski definition) is 2. The molecule has 1 aromatic rings. The molecule has 1 N–H and O–H groups in total. The van der Waals surface area contributed by atoms with Crippen LogP contribution in [0.3, 0.4) is 0 Å². The van der Waals surface area contributed by atoms with Crippen molar-refractivity contribution in [2.45, 2.75) is 39.3 Å². The summed E-state index contributed by atoms with van der Waals surface area (Å²) in [5.74, 6) is 0.735. The lowest BCUT2D eigenvalue weighted by molar-refractivity contribution is 0.207. The van der Waals surface area contributed by atoms with Crippen LogP contribution >= 0.6 is 11.6 Å². The second-order valence-corrected chi connectivity index (χ2v) is 7.32. The van der Waals surface area contributed by atoms with Crippen molar-refractivity contribution in [3.05, 3.63) is 34.9 Å². The van der Waals surface area contributed by atoms with Crippen molar-refractivity contribution in [1.29, 1.82) is 0 Å². The van der Waals surface area contributed by atoms with Gasteiger partial charge in [0.15, 0.2) is 0 Å². The molecule has 2 rings (SSSR count). The zero-order valence-electron chi connectivity index (χ0n) is 13.1. The molecule has 2 nitrogen and oxygen atoms in total. The normalized spacial score (nSPS) is 25.3. The Balaban J connectivity index is 1.93. The predicted molar refractivity (Wildman–Crippen MR) is 87.1 cm³/mol. The van der Waals surface area contributed by atoms with Crippen LogP contribution in [0, 0.1) is 11.3 Å². The van der Waals surface area contributed by atoms with Crippen molar-refractivity contribution < 1.29 is 0 Å². The highest BCUT2D eigenvalue weighted by Gasteiger charge is 2.40. The highest BCUT2D eigenvalue weighted by molar-refractivity contribution is 6.30. The highest BCUT2D eigenvalue weighted by atomic mass is 35.5. The molecular weight excluding hydrogens is 268 g/mol. The maximum atomic E-state index is 6.05. The van der Waals surface area contributed by atoms with Crippen LogP contribution in [0.2, 0.25) is 5.02 Å². The zero-order chi connectivity index (χ0) is 14.8. The third kappa shape index (κ3) is 3.75. The van der Waals surface area contributed by atoms with E-state index in [1.54, 1.807) is 0 Å². The smallest absolute Gasteiger partial charge is 0.0409 e. The topological polar surface area (TPSA) is 15.3 Å². The zero-order valence-corrected chi connectivity index (χ0v) is 13.9. The molecule has 0 heterocycles. The summed E-state index contributed by atoms with van der Waals surface area (Å²) in [6.07, 6.45) is 2.63. The van der Waals surface area contributed by atoms with Crippen molar-refractivity contribution in [3.8, 4) is 0 Å². The molecule has 0 aliphatic heterocycles. The molecular formula is C17H27ClN2. The Bertz CT molecular complexity index is 444. The SMILES string of the molecule is CNC1C(CN(C)Cc2cccc(Cl)c2)CCC1(C)C. The minimum atomic E-state index is 0.413. The number of hydrogen-bond donors (Lipinski definition) is 1. The number of benzene rings is 1. The average Bonchev–Trinajstić information content (AvgIpc) is 2.63. The van der Waals surface area contributed by atoms with Gasteiger partial charge in [-0.15, -0.1) is 0 Å². The molecule has 2 unspecified atom stereocenters. The summed E-state index contributed by atoms with van der Waals surface area (Å²) in [5, 5.41) is 4.36. The minimum absolute atomic E-state index is 0.413. The molecule has 1 saturated carbocycles. The van der Waals surface area contributed by atoms with Gasteiger partial charge in [0.05, 0.1) is 0 Å². The second kappa shape index (κ2) is 6.46. The van der Waals surface area contributed by atoms with Crippen LogP contribution in [-0.2, 0) is 6.54 Å². The molecule has 1 aromatic carbocycles. The van der Waals surface area contributed by atoms with E-state index in [0.29, 0.717) is 11.5 Å². The molecule has 0 saturated heterocycles. The van der Waals surface area contributed by atoms with Gasteiger partial charge in [-0.1, -0.05) is 37.6 Å². The molecule has 2 atom stereocenters. The standard InChI is InChI=1S/C17H27ClN2/c1-17(2)9-8-14(16(17)19-3)12-20(4)11-13-6-5-7-15(18)10-13/h5-7,10,14,16,19H,8-9,11-12H2,1-4H3. The minimum Gasteiger partial charge on any atom is -0.316 e. The molecule has 1 aliphatic carbocycles. The van der Waals surface area contributed by atoms with Gasteiger partial charge in [-0.2, -0.15) is 0 Å². The van der Waals surface area contributed by atoms with E-state index in [-0.39, 0.29) is 0 Å². The van der Waals surface area contributed by atoms with Gasteiger partial charge in [-0.3, -0.25) is 0 Å². The van der Waals surface area contributed by atoms with Gasteiger partial charge in [0.1, 0.15) is 0 Å². The molecule has 0 spiro atoms. The molecule has 1 aliphatic rings. The van der Waals surface area contributed by atoms with E-state index in [1.165, 1.54) is 18.4 Å². The number of halogens is 1. The van der Waals surface area contributed by atoms with Gasteiger partial charge in [-0.05, 0) is 56.0 Å². The molecule has 0 amide bonds. The Labute approximate surface area is 128 Å². The van der Waals surface area contributed by atoms with Gasteiger partial charge in [-0.25, -0.2) is 0 Å². The van der Waals surface area contributed by atoms with Crippen LogP contribution in [0.5, 0.6) is 0 Å². The monoisotopic (exact) mass is 294 g/mol. The molecule has 20 heavy (non-hydrogen) atoms. The van der Waals surface area contributed by atoms with Crippen LogP contribution < -0.4 is 5.32 Å². The quantitative estimate of drug-likeness (QED) is 0.889. The van der Waals surface area contributed by atoms with Gasteiger partial charge in [0.2, 0.25) is 0 Å². The van der Waals surface area contributed by atoms with Crippen LogP contribution in [0.25, 0.3) is 0 Å². The van der Waals surface area contributed by atoms with E-state index in [4.69, 9.17) is 11.6 Å². The van der Waals surface area contributed by atoms with E-state index in [1.807, 2.05) is 12.1 Å². The fourth-order valence-corrected chi connectivity index (χ4v) is 3.97. The summed E-state index contributed by atoms with van der Waals surface area (Å²) in [7, 11) is 4.31. The summed E-state index contributed by atoms with van der Waals surface area (Å²) < 4.78 is 0. The Hall–Kier alpha value is -0.570. The third-order valence-corrected chi connectivity index (χ3v) is 4.91. The Morgan fingerprint density at radius 1 is 1.40 bits per heavy atom. The molecule has 0 bridgehead atoms. The number of nitrogens with zero attached hydrogens (tertiary/aromatic N) is 1. The first-order valence-electron chi connectivity index (χ1n) is 7.52. The Kier molecular flexibility index (Phi) is 5.11. The average molecular weight is 295 g/mol. The lowest BCUT2D eigenvalue weighted by atomic mass is 9.85. The number of rotatable bonds is 5. The number of nitrogens with one attached hydrogen (secondary N) is 1. The lowest BCUT2D eigenvalue weighted by Gasteiger charge is -2.32. The molecule has 3 heteroatoms. The molecule has 0 radical (unpaired) electrons. The molecule has 112 valence electrons. The second-order valence-electron chi connectivity index (χ2n) is 6.88. The van der Waals surface area contributed by atoms with Gasteiger partial charge < -0.3 is 10.2 Å². The van der Waals surface area contributed by atoms with Crippen LogP contribution in [0.15, 0.2) is 24.3 Å². The van der Waals surface area contributed by atoms with Crippen molar-refractivity contribution in [2.75, 3.05) is 20.6 Å². The van der Waals surface area contributed by atoms with Crippen molar-refractivity contribution >= 4 is 11.6 Å². The van der Waals surface area contributed by atoms with Gasteiger partial charge in [0.25, 0.3) is 0 Å². The fourth-order valence-electron chi connectivity index (χ4n) is 3.75. The summed E-state index contributed by atoms with van der Waals surface area (Å²) in [5.41, 5.74) is 1.70. The first-order chi connectivity index (χ1) is 9.42.